The van der Waals surface area contributed by atoms with Crippen LogP contribution in [0.5, 0.6) is 0 Å². The van der Waals surface area contributed by atoms with Crippen LogP contribution in [0.4, 0.5) is 0 Å². The Labute approximate surface area is 175 Å². The Balaban J connectivity index is 1.33. The van der Waals surface area contributed by atoms with Crippen molar-refractivity contribution in [3.05, 3.63) is 11.6 Å². The third-order valence-corrected chi connectivity index (χ3v) is 10.4. The van der Waals surface area contributed by atoms with Gasteiger partial charge in [0.2, 0.25) is 0 Å². The predicted molar refractivity (Wildman–Crippen MR) is 110 cm³/mol. The highest BCUT2D eigenvalue weighted by Crippen LogP contribution is 2.71. The second-order valence-corrected chi connectivity index (χ2v) is 11.4. The molecule has 1 heterocycles. The van der Waals surface area contributed by atoms with Crippen molar-refractivity contribution < 1.29 is 19.7 Å². The molecule has 29 heavy (non-hydrogen) atoms. The lowest BCUT2D eigenvalue weighted by Crippen LogP contribution is -2.55. The van der Waals surface area contributed by atoms with E-state index in [-0.39, 0.29) is 29.3 Å². The molecule has 0 radical (unpaired) electrons. The standard InChI is InChI=1S/C25H38O4/c1-24-10-9-19-16(18(24)7-8-22(24)27)6-5-15-12-21(26)17-13-20(17)25(15,19)14-29-23-4-2-3-11-28-23/h5,16-23,26-27H,2-4,6-14H2,1H3/t16-,17-,18-,19-,20+,21+,22-,23?,24-,25-/m0/s1. The molecule has 0 aromatic heterocycles. The summed E-state index contributed by atoms with van der Waals surface area (Å²) in [7, 11) is 0. The maximum absolute atomic E-state index is 10.7. The Kier molecular flexibility index (Phi) is 4.51. The highest BCUT2D eigenvalue weighted by atomic mass is 16.7. The van der Waals surface area contributed by atoms with E-state index in [4.69, 9.17) is 9.47 Å². The number of allylic oxidation sites excluding steroid dienone is 1. The van der Waals surface area contributed by atoms with Crippen LogP contribution in [0.25, 0.3) is 0 Å². The number of hydrogen-bond donors (Lipinski definition) is 2. The molecular weight excluding hydrogens is 364 g/mol. The van der Waals surface area contributed by atoms with Crippen LogP contribution in [0.2, 0.25) is 0 Å². The summed E-state index contributed by atoms with van der Waals surface area (Å²) < 4.78 is 12.5. The smallest absolute Gasteiger partial charge is 0.157 e. The van der Waals surface area contributed by atoms with Crippen LogP contribution >= 0.6 is 0 Å². The fourth-order valence-corrected chi connectivity index (χ4v) is 8.71. The van der Waals surface area contributed by atoms with Gasteiger partial charge in [-0.3, -0.25) is 0 Å². The topological polar surface area (TPSA) is 58.9 Å². The van der Waals surface area contributed by atoms with Crippen molar-refractivity contribution in [3.63, 3.8) is 0 Å². The van der Waals surface area contributed by atoms with Gasteiger partial charge in [0.15, 0.2) is 6.29 Å². The van der Waals surface area contributed by atoms with Crippen LogP contribution in [0.15, 0.2) is 11.6 Å². The fraction of sp³-hybridized carbons (Fsp3) is 0.920. The molecule has 0 spiro atoms. The quantitative estimate of drug-likeness (QED) is 0.699. The van der Waals surface area contributed by atoms with E-state index in [1.165, 1.54) is 31.3 Å². The molecule has 5 fully saturated rings. The van der Waals surface area contributed by atoms with Crippen LogP contribution in [0.1, 0.15) is 71.1 Å². The number of aliphatic hydroxyl groups excluding tert-OH is 2. The van der Waals surface area contributed by atoms with Gasteiger partial charge in [0.1, 0.15) is 0 Å². The van der Waals surface area contributed by atoms with E-state index in [9.17, 15) is 10.2 Å². The van der Waals surface area contributed by atoms with E-state index in [1.807, 2.05) is 0 Å². The lowest BCUT2D eigenvalue weighted by Gasteiger charge is -2.58. The summed E-state index contributed by atoms with van der Waals surface area (Å²) in [5, 5.41) is 21.4. The lowest BCUT2D eigenvalue weighted by atomic mass is 9.47. The number of ether oxygens (including phenoxy) is 2. The molecule has 5 aliphatic carbocycles. The summed E-state index contributed by atoms with van der Waals surface area (Å²) in [5.74, 6) is 3.02. The van der Waals surface area contributed by atoms with Crippen molar-refractivity contribution >= 4 is 0 Å². The average molecular weight is 403 g/mol. The van der Waals surface area contributed by atoms with Crippen molar-refractivity contribution in [1.82, 2.24) is 0 Å². The first kappa shape index (κ1) is 19.3. The number of rotatable bonds is 3. The summed E-state index contributed by atoms with van der Waals surface area (Å²) in [4.78, 5) is 0. The molecule has 162 valence electrons. The van der Waals surface area contributed by atoms with Gasteiger partial charge in [-0.15, -0.1) is 0 Å². The largest absolute Gasteiger partial charge is 0.393 e. The minimum absolute atomic E-state index is 0.0361. The molecule has 4 saturated carbocycles. The van der Waals surface area contributed by atoms with Crippen LogP contribution in [0.3, 0.4) is 0 Å². The molecule has 4 heteroatoms. The Morgan fingerprint density at radius 2 is 1.97 bits per heavy atom. The average Bonchev–Trinajstić information content (AvgIpc) is 3.49. The summed E-state index contributed by atoms with van der Waals surface area (Å²) in [6.45, 7) is 3.97. The highest BCUT2D eigenvalue weighted by Gasteiger charge is 2.68. The van der Waals surface area contributed by atoms with Crippen LogP contribution in [-0.4, -0.2) is 41.9 Å². The molecule has 6 rings (SSSR count). The number of hydrogen-bond acceptors (Lipinski definition) is 4. The second kappa shape index (κ2) is 6.79. The van der Waals surface area contributed by atoms with Crippen molar-refractivity contribution in [2.75, 3.05) is 13.2 Å². The zero-order valence-electron chi connectivity index (χ0n) is 17.9. The summed E-state index contributed by atoms with van der Waals surface area (Å²) in [5.41, 5.74) is 1.73. The van der Waals surface area contributed by atoms with E-state index >= 15 is 0 Å². The summed E-state index contributed by atoms with van der Waals surface area (Å²) >= 11 is 0. The Morgan fingerprint density at radius 3 is 2.79 bits per heavy atom. The van der Waals surface area contributed by atoms with Gasteiger partial charge in [-0.1, -0.05) is 18.6 Å². The van der Waals surface area contributed by atoms with Crippen LogP contribution in [0, 0.1) is 40.4 Å². The third kappa shape index (κ3) is 2.71. The Bertz CT molecular complexity index is 684. The molecule has 0 amide bonds. The molecule has 2 N–H and O–H groups in total. The van der Waals surface area contributed by atoms with E-state index in [1.54, 1.807) is 0 Å². The molecule has 1 saturated heterocycles. The predicted octanol–water partition coefficient (Wildman–Crippen LogP) is 4.05. The number of fused-ring (bicyclic) bond motifs is 7. The molecule has 10 atom stereocenters. The van der Waals surface area contributed by atoms with Gasteiger partial charge in [0.05, 0.1) is 18.8 Å². The summed E-state index contributed by atoms with van der Waals surface area (Å²) in [6, 6.07) is 0. The second-order valence-electron chi connectivity index (χ2n) is 11.4. The van der Waals surface area contributed by atoms with Gasteiger partial charge >= 0.3 is 0 Å². The first-order chi connectivity index (χ1) is 14.0. The summed E-state index contributed by atoms with van der Waals surface area (Å²) in [6.07, 6.45) is 13.2. The molecule has 0 aromatic carbocycles. The SMILES string of the molecule is C[C@]12CC[C@H]3[C@@H](CC=C4C[C@@H](O)[C@H]5C[C@H]5[C@@]43COC3CCCCO3)[C@@H]1CC[C@@H]2O. The van der Waals surface area contributed by atoms with E-state index in [0.717, 1.165) is 51.7 Å². The van der Waals surface area contributed by atoms with Gasteiger partial charge in [0.25, 0.3) is 0 Å². The van der Waals surface area contributed by atoms with Crippen molar-refractivity contribution in [2.24, 2.45) is 40.4 Å². The Morgan fingerprint density at radius 1 is 1.07 bits per heavy atom. The van der Waals surface area contributed by atoms with Crippen molar-refractivity contribution in [1.29, 1.82) is 0 Å². The molecule has 0 bridgehead atoms. The van der Waals surface area contributed by atoms with E-state index < -0.39 is 0 Å². The first-order valence-corrected chi connectivity index (χ1v) is 12.3. The third-order valence-electron chi connectivity index (χ3n) is 10.4. The van der Waals surface area contributed by atoms with Crippen molar-refractivity contribution in [2.45, 2.75) is 89.6 Å². The van der Waals surface area contributed by atoms with Gasteiger partial charge in [0, 0.05) is 12.0 Å². The molecule has 1 unspecified atom stereocenters. The zero-order chi connectivity index (χ0) is 19.8. The molecular formula is C25H38O4. The molecule has 6 aliphatic rings. The normalized spacial score (nSPS) is 55.9. The van der Waals surface area contributed by atoms with Gasteiger partial charge < -0.3 is 19.7 Å². The monoisotopic (exact) mass is 402 g/mol. The molecule has 1 aliphatic heterocycles. The maximum atomic E-state index is 10.7. The van der Waals surface area contributed by atoms with Gasteiger partial charge in [-0.25, -0.2) is 0 Å². The maximum Gasteiger partial charge on any atom is 0.157 e. The van der Waals surface area contributed by atoms with Gasteiger partial charge in [-0.2, -0.15) is 0 Å². The zero-order valence-corrected chi connectivity index (χ0v) is 17.9. The fourth-order valence-electron chi connectivity index (χ4n) is 8.71. The minimum atomic E-state index is -0.149. The number of aliphatic hydroxyl groups is 2. The van der Waals surface area contributed by atoms with Crippen molar-refractivity contribution in [3.8, 4) is 0 Å². The lowest BCUT2D eigenvalue weighted by molar-refractivity contribution is -0.194. The van der Waals surface area contributed by atoms with E-state index in [2.05, 4.69) is 13.0 Å². The van der Waals surface area contributed by atoms with Gasteiger partial charge in [-0.05, 0) is 99.2 Å². The van der Waals surface area contributed by atoms with Crippen LogP contribution < -0.4 is 0 Å². The van der Waals surface area contributed by atoms with E-state index in [0.29, 0.717) is 29.6 Å². The molecule has 0 aromatic rings. The molecule has 4 nitrogen and oxygen atoms in total. The van der Waals surface area contributed by atoms with Crippen LogP contribution in [-0.2, 0) is 9.47 Å². The Hall–Kier alpha value is -0.420. The minimum Gasteiger partial charge on any atom is -0.393 e. The first-order valence-electron chi connectivity index (χ1n) is 12.3. The highest BCUT2D eigenvalue weighted by molar-refractivity contribution is 5.33.